The van der Waals surface area contributed by atoms with Crippen LogP contribution in [-0.4, -0.2) is 32.1 Å². The molecule has 6 nitrogen and oxygen atoms in total. The third kappa shape index (κ3) is 5.32. The molecular weight excluding hydrogens is 332 g/mol. The van der Waals surface area contributed by atoms with E-state index in [9.17, 15) is 9.59 Å². The summed E-state index contributed by atoms with van der Waals surface area (Å²) in [5.41, 5.74) is 2.56. The summed E-state index contributed by atoms with van der Waals surface area (Å²) in [4.78, 5) is 24.1. The normalized spacial score (nSPS) is 11.5. The molecule has 138 valence electrons. The van der Waals surface area contributed by atoms with Crippen LogP contribution in [0.25, 0.3) is 0 Å². The van der Waals surface area contributed by atoms with Crippen molar-refractivity contribution in [3.05, 3.63) is 59.7 Å². The number of hydrogen-bond acceptors (Lipinski definition) is 4. The lowest BCUT2D eigenvalue weighted by Crippen LogP contribution is -2.38. The fourth-order valence-corrected chi connectivity index (χ4v) is 2.52. The minimum absolute atomic E-state index is 0.205. The summed E-state index contributed by atoms with van der Waals surface area (Å²) in [7, 11) is 1.57. The summed E-state index contributed by atoms with van der Waals surface area (Å²) in [5.74, 6) is -0.737. The molecule has 2 N–H and O–H groups in total. The standard InChI is InChI=1S/C20H24N2O4/c1-4-26-16-11-9-15(10-12-16)22-20(24)19(23)21-13-18(25-3)17-8-6-5-7-14(17)2/h5-12,18H,4,13H2,1-3H3,(H,21,23)(H,22,24). The highest BCUT2D eigenvalue weighted by molar-refractivity contribution is 6.39. The highest BCUT2D eigenvalue weighted by atomic mass is 16.5. The molecule has 0 aliphatic carbocycles. The van der Waals surface area contributed by atoms with E-state index in [1.807, 2.05) is 38.1 Å². The predicted octanol–water partition coefficient (Wildman–Crippen LogP) is 2.84. The van der Waals surface area contributed by atoms with E-state index < -0.39 is 11.8 Å². The van der Waals surface area contributed by atoms with Crippen molar-refractivity contribution in [1.29, 1.82) is 0 Å². The van der Waals surface area contributed by atoms with Crippen LogP contribution in [0.4, 0.5) is 5.69 Å². The number of benzene rings is 2. The van der Waals surface area contributed by atoms with Crippen LogP contribution in [0, 0.1) is 6.92 Å². The van der Waals surface area contributed by atoms with Crippen molar-refractivity contribution in [1.82, 2.24) is 5.32 Å². The zero-order chi connectivity index (χ0) is 18.9. The lowest BCUT2D eigenvalue weighted by atomic mass is 10.0. The smallest absolute Gasteiger partial charge is 0.313 e. The van der Waals surface area contributed by atoms with Crippen LogP contribution < -0.4 is 15.4 Å². The molecule has 0 radical (unpaired) electrons. The molecule has 0 fully saturated rings. The minimum Gasteiger partial charge on any atom is -0.494 e. The SMILES string of the molecule is CCOc1ccc(NC(=O)C(=O)NCC(OC)c2ccccc2C)cc1. The Hall–Kier alpha value is -2.86. The van der Waals surface area contributed by atoms with Gasteiger partial charge in [0.05, 0.1) is 12.7 Å². The minimum atomic E-state index is -0.728. The summed E-state index contributed by atoms with van der Waals surface area (Å²) in [6.45, 7) is 4.64. The number of hydrogen-bond donors (Lipinski definition) is 2. The van der Waals surface area contributed by atoms with Gasteiger partial charge in [-0.25, -0.2) is 0 Å². The molecule has 0 aromatic heterocycles. The molecule has 0 saturated carbocycles. The van der Waals surface area contributed by atoms with E-state index in [1.54, 1.807) is 31.4 Å². The summed E-state index contributed by atoms with van der Waals surface area (Å²) >= 11 is 0. The second-order valence-corrected chi connectivity index (χ2v) is 5.70. The van der Waals surface area contributed by atoms with Gasteiger partial charge in [-0.05, 0) is 49.2 Å². The van der Waals surface area contributed by atoms with Crippen LogP contribution in [-0.2, 0) is 14.3 Å². The Bertz CT molecular complexity index is 744. The molecule has 2 aromatic carbocycles. The molecule has 6 heteroatoms. The number of ether oxygens (including phenoxy) is 2. The fourth-order valence-electron chi connectivity index (χ4n) is 2.52. The van der Waals surface area contributed by atoms with Gasteiger partial charge in [0, 0.05) is 19.3 Å². The maximum atomic E-state index is 12.1. The zero-order valence-electron chi connectivity index (χ0n) is 15.2. The number of carbonyl (C=O) groups is 2. The quantitative estimate of drug-likeness (QED) is 0.748. The maximum Gasteiger partial charge on any atom is 0.313 e. The van der Waals surface area contributed by atoms with Crippen LogP contribution in [0.15, 0.2) is 48.5 Å². The molecule has 0 aliphatic rings. The lowest BCUT2D eigenvalue weighted by molar-refractivity contribution is -0.136. The molecule has 1 unspecified atom stereocenters. The van der Waals surface area contributed by atoms with Crippen LogP contribution in [0.1, 0.15) is 24.2 Å². The van der Waals surface area contributed by atoms with Gasteiger partial charge in [-0.2, -0.15) is 0 Å². The van der Waals surface area contributed by atoms with E-state index in [2.05, 4.69) is 10.6 Å². The average molecular weight is 356 g/mol. The second kappa shape index (κ2) is 9.58. The van der Waals surface area contributed by atoms with Gasteiger partial charge < -0.3 is 20.1 Å². The van der Waals surface area contributed by atoms with Crippen molar-refractivity contribution >= 4 is 17.5 Å². The van der Waals surface area contributed by atoms with E-state index in [0.717, 1.165) is 11.1 Å². The number of nitrogens with one attached hydrogen (secondary N) is 2. The van der Waals surface area contributed by atoms with Gasteiger partial charge in [-0.3, -0.25) is 9.59 Å². The van der Waals surface area contributed by atoms with Gasteiger partial charge in [0.25, 0.3) is 0 Å². The summed E-state index contributed by atoms with van der Waals surface area (Å²) in [6.07, 6.45) is -0.321. The van der Waals surface area contributed by atoms with E-state index >= 15 is 0 Å². The molecule has 0 aliphatic heterocycles. The third-order valence-corrected chi connectivity index (χ3v) is 3.90. The summed E-state index contributed by atoms with van der Waals surface area (Å²) in [6, 6.07) is 14.6. The van der Waals surface area contributed by atoms with Gasteiger partial charge in [0.1, 0.15) is 5.75 Å². The molecule has 2 aromatic rings. The van der Waals surface area contributed by atoms with Crippen molar-refractivity contribution in [2.75, 3.05) is 25.6 Å². The Labute approximate surface area is 153 Å². The van der Waals surface area contributed by atoms with Crippen LogP contribution in [0.3, 0.4) is 0 Å². The third-order valence-electron chi connectivity index (χ3n) is 3.90. The van der Waals surface area contributed by atoms with Crippen LogP contribution >= 0.6 is 0 Å². The van der Waals surface area contributed by atoms with E-state index in [1.165, 1.54) is 0 Å². The number of anilines is 1. The highest BCUT2D eigenvalue weighted by Gasteiger charge is 2.18. The maximum absolute atomic E-state index is 12.1. The molecular formula is C20H24N2O4. The average Bonchev–Trinajstić information content (AvgIpc) is 2.65. The highest BCUT2D eigenvalue weighted by Crippen LogP contribution is 2.19. The van der Waals surface area contributed by atoms with Crippen molar-refractivity contribution in [3.63, 3.8) is 0 Å². The predicted molar refractivity (Wildman–Crippen MR) is 100 cm³/mol. The molecule has 0 bridgehead atoms. The Morgan fingerprint density at radius 3 is 2.35 bits per heavy atom. The monoisotopic (exact) mass is 356 g/mol. The Morgan fingerprint density at radius 1 is 1.04 bits per heavy atom. The second-order valence-electron chi connectivity index (χ2n) is 5.70. The Kier molecular flexibility index (Phi) is 7.17. The molecule has 0 spiro atoms. The first kappa shape index (κ1) is 19.5. The Balaban J connectivity index is 1.90. The molecule has 26 heavy (non-hydrogen) atoms. The van der Waals surface area contributed by atoms with Crippen LogP contribution in [0.5, 0.6) is 5.75 Å². The number of methoxy groups -OCH3 is 1. The fraction of sp³-hybridized carbons (Fsp3) is 0.300. The van der Waals surface area contributed by atoms with Crippen molar-refractivity contribution in [2.24, 2.45) is 0 Å². The summed E-state index contributed by atoms with van der Waals surface area (Å²) < 4.78 is 10.8. The van der Waals surface area contributed by atoms with Gasteiger partial charge >= 0.3 is 11.8 Å². The van der Waals surface area contributed by atoms with Gasteiger partial charge in [-0.15, -0.1) is 0 Å². The van der Waals surface area contributed by atoms with E-state index in [4.69, 9.17) is 9.47 Å². The largest absolute Gasteiger partial charge is 0.494 e. The molecule has 2 rings (SSSR count). The van der Waals surface area contributed by atoms with Gasteiger partial charge in [-0.1, -0.05) is 24.3 Å². The van der Waals surface area contributed by atoms with E-state index in [-0.39, 0.29) is 12.6 Å². The zero-order valence-corrected chi connectivity index (χ0v) is 15.2. The van der Waals surface area contributed by atoms with Crippen LogP contribution in [0.2, 0.25) is 0 Å². The van der Waals surface area contributed by atoms with Crippen molar-refractivity contribution in [2.45, 2.75) is 20.0 Å². The molecule has 1 atom stereocenters. The van der Waals surface area contributed by atoms with Crippen molar-refractivity contribution in [3.8, 4) is 5.75 Å². The number of rotatable bonds is 7. The van der Waals surface area contributed by atoms with Crippen molar-refractivity contribution < 1.29 is 19.1 Å². The first-order valence-electron chi connectivity index (χ1n) is 8.45. The van der Waals surface area contributed by atoms with Gasteiger partial charge in [0.15, 0.2) is 0 Å². The summed E-state index contributed by atoms with van der Waals surface area (Å²) in [5, 5.41) is 5.17. The van der Waals surface area contributed by atoms with Gasteiger partial charge in [0.2, 0.25) is 0 Å². The molecule has 2 amide bonds. The Morgan fingerprint density at radius 2 is 1.73 bits per heavy atom. The number of aryl methyl sites for hydroxylation is 1. The number of carbonyl (C=O) groups excluding carboxylic acids is 2. The molecule has 0 heterocycles. The van der Waals surface area contributed by atoms with E-state index in [0.29, 0.717) is 18.0 Å². The first-order valence-corrected chi connectivity index (χ1v) is 8.45. The first-order chi connectivity index (χ1) is 12.5. The molecule has 0 saturated heterocycles. The topological polar surface area (TPSA) is 76.7 Å². The lowest BCUT2D eigenvalue weighted by Gasteiger charge is -2.18. The number of amides is 2.